The molecule has 0 aliphatic rings. The molecule has 0 saturated heterocycles. The number of nitrogens with zero attached hydrogens (tertiary/aromatic N) is 2. The van der Waals surface area contributed by atoms with Crippen LogP contribution in [0.4, 0.5) is 5.69 Å². The highest BCUT2D eigenvalue weighted by molar-refractivity contribution is 7.94. The minimum Gasteiger partial charge on any atom is -0.497 e. The average molecular weight is 445 g/mol. The van der Waals surface area contributed by atoms with Crippen molar-refractivity contribution in [3.05, 3.63) is 77.5 Å². The number of anilines is 1. The maximum atomic E-state index is 13.3. The van der Waals surface area contributed by atoms with Gasteiger partial charge < -0.3 is 9.30 Å². The van der Waals surface area contributed by atoms with Crippen LogP contribution in [0.15, 0.2) is 64.7 Å². The van der Waals surface area contributed by atoms with Gasteiger partial charge in [0.2, 0.25) is 0 Å². The van der Waals surface area contributed by atoms with E-state index in [0.717, 1.165) is 27.0 Å². The van der Waals surface area contributed by atoms with Crippen molar-refractivity contribution in [3.8, 4) is 5.75 Å². The van der Waals surface area contributed by atoms with Gasteiger partial charge in [0.1, 0.15) is 9.96 Å². The number of thiophene rings is 1. The molecule has 1 aromatic carbocycles. The van der Waals surface area contributed by atoms with Crippen LogP contribution in [0.25, 0.3) is 0 Å². The topological polar surface area (TPSA) is 68.6 Å². The number of hydrogen-bond acceptors (Lipinski definition) is 5. The third kappa shape index (κ3) is 4.20. The number of Topliss-reactive ketones (excluding diaryl/α,β-unsaturated/α-hetero) is 1. The van der Waals surface area contributed by atoms with Crippen LogP contribution in [-0.2, 0) is 16.6 Å². The highest BCUT2D eigenvalue weighted by Gasteiger charge is 2.29. The smallest absolute Gasteiger partial charge is 0.274 e. The van der Waals surface area contributed by atoms with Crippen molar-refractivity contribution in [1.82, 2.24) is 4.57 Å². The van der Waals surface area contributed by atoms with Gasteiger partial charge in [0.25, 0.3) is 10.0 Å². The molecular formula is C22H24N2O4S2. The van der Waals surface area contributed by atoms with E-state index in [0.29, 0.717) is 23.5 Å². The van der Waals surface area contributed by atoms with Crippen LogP contribution in [0.3, 0.4) is 0 Å². The molecule has 2 aromatic heterocycles. The summed E-state index contributed by atoms with van der Waals surface area (Å²) in [6.45, 7) is 7.81. The predicted molar refractivity (Wildman–Crippen MR) is 120 cm³/mol. The quantitative estimate of drug-likeness (QED) is 0.361. The Balaban J connectivity index is 2.02. The van der Waals surface area contributed by atoms with Gasteiger partial charge in [0, 0.05) is 23.5 Å². The van der Waals surface area contributed by atoms with Crippen LogP contribution >= 0.6 is 11.3 Å². The van der Waals surface area contributed by atoms with Crippen molar-refractivity contribution in [1.29, 1.82) is 0 Å². The third-order valence-corrected chi connectivity index (χ3v) is 8.02. The molecule has 0 saturated carbocycles. The second-order valence-electron chi connectivity index (χ2n) is 6.75. The van der Waals surface area contributed by atoms with Crippen LogP contribution < -0.4 is 9.04 Å². The van der Waals surface area contributed by atoms with Crippen molar-refractivity contribution in [2.75, 3.05) is 18.0 Å². The van der Waals surface area contributed by atoms with E-state index in [4.69, 9.17) is 4.74 Å². The zero-order valence-electron chi connectivity index (χ0n) is 17.2. The Hall–Kier alpha value is -2.84. The number of carbonyl (C=O) groups excluding carboxylic acids is 1. The van der Waals surface area contributed by atoms with E-state index in [1.54, 1.807) is 47.9 Å². The van der Waals surface area contributed by atoms with E-state index in [1.807, 2.05) is 18.4 Å². The second kappa shape index (κ2) is 8.89. The van der Waals surface area contributed by atoms with Crippen molar-refractivity contribution in [2.45, 2.75) is 24.6 Å². The van der Waals surface area contributed by atoms with Crippen molar-refractivity contribution in [2.24, 2.45) is 0 Å². The van der Waals surface area contributed by atoms with Crippen molar-refractivity contribution >= 4 is 32.8 Å². The molecular weight excluding hydrogens is 420 g/mol. The molecule has 3 rings (SSSR count). The molecule has 0 amide bonds. The first-order valence-corrected chi connectivity index (χ1v) is 11.6. The summed E-state index contributed by atoms with van der Waals surface area (Å²) in [4.78, 5) is 13.2. The summed E-state index contributed by atoms with van der Waals surface area (Å²) in [5.74, 6) is 0.334. The number of rotatable bonds is 9. The van der Waals surface area contributed by atoms with Crippen molar-refractivity contribution in [3.63, 3.8) is 0 Å². The van der Waals surface area contributed by atoms with E-state index in [1.165, 1.54) is 13.2 Å². The number of aromatic nitrogens is 1. The molecule has 0 atom stereocenters. The molecule has 30 heavy (non-hydrogen) atoms. The largest absolute Gasteiger partial charge is 0.497 e. The summed E-state index contributed by atoms with van der Waals surface area (Å²) in [5, 5.41) is 1.70. The maximum absolute atomic E-state index is 13.3. The van der Waals surface area contributed by atoms with Crippen LogP contribution in [0, 0.1) is 13.8 Å². The Morgan fingerprint density at radius 1 is 1.23 bits per heavy atom. The Labute approximate surface area is 181 Å². The average Bonchev–Trinajstić information content (AvgIpc) is 3.37. The molecule has 2 heterocycles. The molecule has 158 valence electrons. The van der Waals surface area contributed by atoms with Crippen LogP contribution in [0.5, 0.6) is 5.75 Å². The summed E-state index contributed by atoms with van der Waals surface area (Å²) >= 11 is 1.12. The number of benzene rings is 1. The zero-order chi connectivity index (χ0) is 21.9. The van der Waals surface area contributed by atoms with E-state index < -0.39 is 10.0 Å². The van der Waals surface area contributed by atoms with Crippen LogP contribution in [0.1, 0.15) is 21.7 Å². The van der Waals surface area contributed by atoms with E-state index >= 15 is 0 Å². The first-order chi connectivity index (χ1) is 14.3. The Bertz CT molecular complexity index is 1140. The lowest BCUT2D eigenvalue weighted by Crippen LogP contribution is -2.35. The molecule has 0 N–H and O–H groups in total. The predicted octanol–water partition coefficient (Wildman–Crippen LogP) is 4.44. The fourth-order valence-corrected chi connectivity index (χ4v) is 5.82. The molecule has 0 spiro atoms. The summed E-state index contributed by atoms with van der Waals surface area (Å²) in [5.41, 5.74) is 2.63. The Morgan fingerprint density at radius 3 is 2.50 bits per heavy atom. The SMILES string of the molecule is C=CCn1c(C)cc(C(=O)CN(c2ccc(OC)cc2)S(=O)(=O)c2cccs2)c1C. The van der Waals surface area contributed by atoms with Crippen LogP contribution in [-0.4, -0.2) is 32.4 Å². The summed E-state index contributed by atoms with van der Waals surface area (Å²) in [7, 11) is -2.35. The number of ether oxygens (including phenoxy) is 1. The molecule has 0 bridgehead atoms. The van der Waals surface area contributed by atoms with Gasteiger partial charge in [0.05, 0.1) is 19.3 Å². The summed E-state index contributed by atoms with van der Waals surface area (Å²) in [6.07, 6.45) is 1.76. The van der Waals surface area contributed by atoms with E-state index in [-0.39, 0.29) is 16.5 Å². The second-order valence-corrected chi connectivity index (χ2v) is 9.79. The molecule has 0 aliphatic carbocycles. The molecule has 0 aliphatic heterocycles. The monoisotopic (exact) mass is 444 g/mol. The number of aryl methyl sites for hydroxylation is 1. The van der Waals surface area contributed by atoms with Crippen LogP contribution in [0.2, 0.25) is 0 Å². The number of methoxy groups -OCH3 is 1. The summed E-state index contributed by atoms with van der Waals surface area (Å²) in [6, 6.07) is 11.6. The Morgan fingerprint density at radius 2 is 1.93 bits per heavy atom. The minimum absolute atomic E-state index is 0.184. The third-order valence-electron chi connectivity index (χ3n) is 4.87. The standard InChI is InChI=1S/C22H24N2O4S2/c1-5-12-23-16(2)14-20(17(23)3)21(25)15-24(18-8-10-19(28-4)11-9-18)30(26,27)22-7-6-13-29-22/h5-11,13-14H,1,12,15H2,2-4H3. The molecule has 0 unspecified atom stereocenters. The fraction of sp³-hybridized carbons (Fsp3) is 0.227. The normalized spacial score (nSPS) is 11.3. The summed E-state index contributed by atoms with van der Waals surface area (Å²) < 4.78 is 35.1. The number of sulfonamides is 1. The molecule has 6 nitrogen and oxygen atoms in total. The van der Waals surface area contributed by atoms with Gasteiger partial charge in [-0.1, -0.05) is 12.1 Å². The first-order valence-electron chi connectivity index (χ1n) is 9.30. The highest BCUT2D eigenvalue weighted by atomic mass is 32.2. The Kier molecular flexibility index (Phi) is 6.48. The van der Waals surface area contributed by atoms with Gasteiger partial charge in [0.15, 0.2) is 5.78 Å². The molecule has 0 radical (unpaired) electrons. The van der Waals surface area contributed by atoms with E-state index in [2.05, 4.69) is 6.58 Å². The number of allylic oxidation sites excluding steroid dienone is 1. The number of hydrogen-bond donors (Lipinski definition) is 0. The number of ketones is 1. The van der Waals surface area contributed by atoms with Gasteiger partial charge in [-0.2, -0.15) is 0 Å². The van der Waals surface area contributed by atoms with Gasteiger partial charge >= 0.3 is 0 Å². The molecule has 0 fully saturated rings. The van der Waals surface area contributed by atoms with Gasteiger partial charge in [-0.25, -0.2) is 8.42 Å². The van der Waals surface area contributed by atoms with Gasteiger partial charge in [-0.05, 0) is 55.6 Å². The number of carbonyl (C=O) groups is 1. The van der Waals surface area contributed by atoms with Crippen molar-refractivity contribution < 1.29 is 17.9 Å². The lowest BCUT2D eigenvalue weighted by atomic mass is 10.1. The van der Waals surface area contributed by atoms with Gasteiger partial charge in [-0.3, -0.25) is 9.10 Å². The maximum Gasteiger partial charge on any atom is 0.274 e. The lowest BCUT2D eigenvalue weighted by Gasteiger charge is -2.23. The minimum atomic E-state index is -3.89. The zero-order valence-corrected chi connectivity index (χ0v) is 18.8. The first kappa shape index (κ1) is 21.9. The molecule has 3 aromatic rings. The lowest BCUT2D eigenvalue weighted by molar-refractivity contribution is 0.100. The van der Waals surface area contributed by atoms with E-state index in [9.17, 15) is 13.2 Å². The van der Waals surface area contributed by atoms with Gasteiger partial charge in [-0.15, -0.1) is 17.9 Å². The fourth-order valence-electron chi connectivity index (χ4n) is 3.29. The molecule has 8 heteroatoms. The highest BCUT2D eigenvalue weighted by Crippen LogP contribution is 2.29.